The lowest BCUT2D eigenvalue weighted by Gasteiger charge is -2.21. The highest BCUT2D eigenvalue weighted by Gasteiger charge is 2.29. The first kappa shape index (κ1) is 23.3. The van der Waals surface area contributed by atoms with Crippen molar-refractivity contribution in [2.24, 2.45) is 11.8 Å². The van der Waals surface area contributed by atoms with Gasteiger partial charge in [0.05, 0.1) is 6.42 Å². The van der Waals surface area contributed by atoms with Crippen molar-refractivity contribution >= 4 is 18.0 Å². The molecule has 1 aliphatic rings. The number of amides is 2. The van der Waals surface area contributed by atoms with Gasteiger partial charge in [-0.05, 0) is 41.0 Å². The number of rotatable bonds is 9. The fourth-order valence-corrected chi connectivity index (χ4v) is 4.04. The number of carboxylic acid groups (broad SMARTS) is 1. The third kappa shape index (κ3) is 5.46. The molecule has 7 nitrogen and oxygen atoms in total. The Bertz CT molecular complexity index is 942. The molecule has 0 heterocycles. The molecule has 2 aromatic carbocycles. The lowest BCUT2D eigenvalue weighted by atomic mass is 9.92. The highest BCUT2D eigenvalue weighted by molar-refractivity contribution is 5.85. The standard InChI is InChI=1S/C25H30N2O5/c1-15(2)17(12-23(28)29)13-26-24(30)16(3)27-25(31)32-14-22-20-10-6-4-8-18(20)19-9-5-7-11-21(19)22/h4-11,15-17,22H,12-14H2,1-3H3,(H,26,30)(H,27,31)(H,28,29)/t16-,17?/m1/s1. The summed E-state index contributed by atoms with van der Waals surface area (Å²) in [5, 5.41) is 14.3. The third-order valence-electron chi connectivity index (χ3n) is 5.99. The zero-order chi connectivity index (χ0) is 23.3. The number of ether oxygens (including phenoxy) is 1. The molecule has 0 saturated carbocycles. The maximum atomic E-state index is 12.4. The highest BCUT2D eigenvalue weighted by Crippen LogP contribution is 2.44. The van der Waals surface area contributed by atoms with Crippen molar-refractivity contribution in [2.75, 3.05) is 13.2 Å². The van der Waals surface area contributed by atoms with Crippen LogP contribution in [0.15, 0.2) is 48.5 Å². The van der Waals surface area contributed by atoms with Gasteiger partial charge in [0.1, 0.15) is 12.6 Å². The largest absolute Gasteiger partial charge is 0.481 e. The summed E-state index contributed by atoms with van der Waals surface area (Å²) in [4.78, 5) is 35.7. The van der Waals surface area contributed by atoms with Crippen LogP contribution in [0.3, 0.4) is 0 Å². The number of alkyl carbamates (subject to hydrolysis) is 1. The second kappa shape index (κ2) is 10.3. The lowest BCUT2D eigenvalue weighted by molar-refractivity contribution is -0.138. The molecular formula is C25H30N2O5. The monoisotopic (exact) mass is 438 g/mol. The Balaban J connectivity index is 1.53. The molecule has 0 radical (unpaired) electrons. The van der Waals surface area contributed by atoms with Crippen molar-refractivity contribution in [1.29, 1.82) is 0 Å². The second-order valence-electron chi connectivity index (χ2n) is 8.54. The van der Waals surface area contributed by atoms with E-state index in [0.29, 0.717) is 0 Å². The molecule has 1 aliphatic carbocycles. The van der Waals surface area contributed by atoms with Crippen molar-refractivity contribution in [2.45, 2.75) is 39.2 Å². The van der Waals surface area contributed by atoms with Gasteiger partial charge >= 0.3 is 12.1 Å². The van der Waals surface area contributed by atoms with E-state index in [1.165, 1.54) is 0 Å². The summed E-state index contributed by atoms with van der Waals surface area (Å²) < 4.78 is 5.47. The first-order chi connectivity index (χ1) is 15.3. The molecule has 0 saturated heterocycles. The molecule has 2 amide bonds. The third-order valence-corrected chi connectivity index (χ3v) is 5.99. The van der Waals surface area contributed by atoms with E-state index in [2.05, 4.69) is 22.8 Å². The number of nitrogens with one attached hydrogen (secondary N) is 2. The van der Waals surface area contributed by atoms with Crippen LogP contribution < -0.4 is 10.6 Å². The van der Waals surface area contributed by atoms with Crippen LogP contribution in [0.4, 0.5) is 4.79 Å². The van der Waals surface area contributed by atoms with Crippen molar-refractivity contribution < 1.29 is 24.2 Å². The van der Waals surface area contributed by atoms with E-state index in [9.17, 15) is 14.4 Å². The van der Waals surface area contributed by atoms with Crippen LogP contribution in [0, 0.1) is 11.8 Å². The number of carbonyl (C=O) groups excluding carboxylic acids is 2. The average Bonchev–Trinajstić information content (AvgIpc) is 3.08. The van der Waals surface area contributed by atoms with Gasteiger partial charge in [-0.25, -0.2) is 4.79 Å². The topological polar surface area (TPSA) is 105 Å². The number of hydrogen-bond donors (Lipinski definition) is 3. The Labute approximate surface area is 188 Å². The van der Waals surface area contributed by atoms with E-state index in [4.69, 9.17) is 9.84 Å². The molecule has 3 rings (SSSR count). The Morgan fingerprint density at radius 2 is 1.53 bits per heavy atom. The van der Waals surface area contributed by atoms with Gasteiger partial charge in [-0.1, -0.05) is 62.4 Å². The van der Waals surface area contributed by atoms with Crippen molar-refractivity contribution in [3.05, 3.63) is 59.7 Å². The van der Waals surface area contributed by atoms with Crippen LogP contribution >= 0.6 is 0 Å². The average molecular weight is 439 g/mol. The molecule has 1 unspecified atom stereocenters. The fraction of sp³-hybridized carbons (Fsp3) is 0.400. The molecule has 7 heteroatoms. The molecule has 0 fully saturated rings. The number of fused-ring (bicyclic) bond motifs is 3. The lowest BCUT2D eigenvalue weighted by Crippen LogP contribution is -2.46. The molecule has 0 bridgehead atoms. The predicted octanol–water partition coefficient (Wildman–Crippen LogP) is 3.78. The summed E-state index contributed by atoms with van der Waals surface area (Å²) in [5.41, 5.74) is 4.52. The fourth-order valence-electron chi connectivity index (χ4n) is 4.04. The predicted molar refractivity (Wildman–Crippen MR) is 121 cm³/mol. The number of hydrogen-bond acceptors (Lipinski definition) is 4. The minimum absolute atomic E-state index is 0.0217. The number of carboxylic acids is 1. The van der Waals surface area contributed by atoms with Crippen LogP contribution in [0.25, 0.3) is 11.1 Å². The van der Waals surface area contributed by atoms with Crippen LogP contribution in [0.5, 0.6) is 0 Å². The zero-order valence-electron chi connectivity index (χ0n) is 18.6. The maximum Gasteiger partial charge on any atom is 0.407 e. The molecule has 3 N–H and O–H groups in total. The van der Waals surface area contributed by atoms with E-state index in [0.717, 1.165) is 22.3 Å². The van der Waals surface area contributed by atoms with E-state index < -0.39 is 18.1 Å². The van der Waals surface area contributed by atoms with Crippen molar-refractivity contribution in [3.63, 3.8) is 0 Å². The summed E-state index contributed by atoms with van der Waals surface area (Å²) in [5.74, 6) is -1.41. The second-order valence-corrected chi connectivity index (χ2v) is 8.54. The van der Waals surface area contributed by atoms with E-state index >= 15 is 0 Å². The number of benzene rings is 2. The zero-order valence-corrected chi connectivity index (χ0v) is 18.6. The van der Waals surface area contributed by atoms with Gasteiger partial charge in [0.15, 0.2) is 0 Å². The summed E-state index contributed by atoms with van der Waals surface area (Å²) in [6.45, 7) is 5.80. The van der Waals surface area contributed by atoms with E-state index in [1.807, 2.05) is 50.2 Å². The Morgan fingerprint density at radius 1 is 0.969 bits per heavy atom. The van der Waals surface area contributed by atoms with E-state index in [-0.39, 0.29) is 43.2 Å². The van der Waals surface area contributed by atoms with Crippen LogP contribution in [0.1, 0.15) is 44.2 Å². The van der Waals surface area contributed by atoms with Crippen LogP contribution in [0.2, 0.25) is 0 Å². The molecule has 0 aliphatic heterocycles. The quantitative estimate of drug-likeness (QED) is 0.553. The molecule has 0 aromatic heterocycles. The van der Waals surface area contributed by atoms with Gasteiger partial charge in [0.2, 0.25) is 5.91 Å². The highest BCUT2D eigenvalue weighted by atomic mass is 16.5. The summed E-state index contributed by atoms with van der Waals surface area (Å²) in [7, 11) is 0. The van der Waals surface area contributed by atoms with E-state index in [1.54, 1.807) is 6.92 Å². The van der Waals surface area contributed by atoms with Crippen LogP contribution in [-0.2, 0) is 14.3 Å². The molecule has 2 aromatic rings. The molecule has 170 valence electrons. The Hall–Kier alpha value is -3.35. The van der Waals surface area contributed by atoms with Crippen LogP contribution in [-0.4, -0.2) is 42.3 Å². The molecular weight excluding hydrogens is 408 g/mol. The summed E-state index contributed by atoms with van der Waals surface area (Å²) >= 11 is 0. The minimum Gasteiger partial charge on any atom is -0.481 e. The molecule has 32 heavy (non-hydrogen) atoms. The summed E-state index contributed by atoms with van der Waals surface area (Å²) in [6, 6.07) is 15.3. The maximum absolute atomic E-state index is 12.4. The summed E-state index contributed by atoms with van der Waals surface area (Å²) in [6.07, 6.45) is -0.688. The number of aliphatic carboxylic acids is 1. The Kier molecular flexibility index (Phi) is 7.51. The number of carbonyl (C=O) groups is 3. The first-order valence-corrected chi connectivity index (χ1v) is 10.9. The van der Waals surface area contributed by atoms with Gasteiger partial charge < -0.3 is 20.5 Å². The van der Waals surface area contributed by atoms with Gasteiger partial charge in [-0.2, -0.15) is 0 Å². The van der Waals surface area contributed by atoms with Gasteiger partial charge in [-0.3, -0.25) is 9.59 Å². The van der Waals surface area contributed by atoms with Crippen molar-refractivity contribution in [3.8, 4) is 11.1 Å². The minimum atomic E-state index is -0.900. The van der Waals surface area contributed by atoms with Gasteiger partial charge in [-0.15, -0.1) is 0 Å². The van der Waals surface area contributed by atoms with Gasteiger partial charge in [0.25, 0.3) is 0 Å². The molecule has 2 atom stereocenters. The van der Waals surface area contributed by atoms with Crippen molar-refractivity contribution in [1.82, 2.24) is 10.6 Å². The normalized spacial score (nSPS) is 14.2. The first-order valence-electron chi connectivity index (χ1n) is 10.9. The SMILES string of the molecule is CC(C)C(CNC(=O)[C@@H](C)NC(=O)OCC1c2ccccc2-c2ccccc21)CC(=O)O. The molecule has 0 spiro atoms. The smallest absolute Gasteiger partial charge is 0.407 e. The Morgan fingerprint density at radius 3 is 2.06 bits per heavy atom. The van der Waals surface area contributed by atoms with Gasteiger partial charge in [0, 0.05) is 12.5 Å².